The summed E-state index contributed by atoms with van der Waals surface area (Å²) in [6.45, 7) is 5.92. The molecule has 0 atom stereocenters. The molecule has 0 bridgehead atoms. The van der Waals surface area contributed by atoms with Crippen molar-refractivity contribution in [3.63, 3.8) is 0 Å². The molecule has 0 radical (unpaired) electrons. The smallest absolute Gasteiger partial charge is 0.00833 e. The molecule has 2 saturated carbocycles. The molecule has 2 aliphatic rings. The standard InChI is InChI=1S/C17H25N/c1-13(2)14-10-17(11-14,12-18-16-8-9-16)15-6-4-3-5-7-15/h3-7,13-14,16,18H,8-12H2,1-2H3. The Kier molecular flexibility index (Phi) is 3.19. The van der Waals surface area contributed by atoms with E-state index in [0.29, 0.717) is 5.41 Å². The van der Waals surface area contributed by atoms with E-state index in [1.54, 1.807) is 5.56 Å². The highest BCUT2D eigenvalue weighted by Gasteiger charge is 2.46. The molecule has 98 valence electrons. The Balaban J connectivity index is 1.72. The largest absolute Gasteiger partial charge is 0.313 e. The molecule has 2 aliphatic carbocycles. The average Bonchev–Trinajstić information content (AvgIpc) is 3.12. The fourth-order valence-electron chi connectivity index (χ4n) is 3.32. The van der Waals surface area contributed by atoms with E-state index < -0.39 is 0 Å². The van der Waals surface area contributed by atoms with Crippen LogP contribution < -0.4 is 5.32 Å². The fourth-order valence-corrected chi connectivity index (χ4v) is 3.32. The monoisotopic (exact) mass is 243 g/mol. The van der Waals surface area contributed by atoms with Crippen molar-refractivity contribution in [1.82, 2.24) is 5.32 Å². The third-order valence-corrected chi connectivity index (χ3v) is 4.94. The van der Waals surface area contributed by atoms with Crippen LogP contribution in [0.1, 0.15) is 45.1 Å². The second-order valence-electron chi connectivity index (χ2n) is 6.71. The molecule has 1 nitrogen and oxygen atoms in total. The summed E-state index contributed by atoms with van der Waals surface area (Å²) in [6, 6.07) is 12.0. The third-order valence-electron chi connectivity index (χ3n) is 4.94. The van der Waals surface area contributed by atoms with Gasteiger partial charge in [-0.05, 0) is 43.1 Å². The van der Waals surface area contributed by atoms with Gasteiger partial charge in [-0.15, -0.1) is 0 Å². The summed E-state index contributed by atoms with van der Waals surface area (Å²) in [5.41, 5.74) is 1.98. The van der Waals surface area contributed by atoms with Crippen molar-refractivity contribution in [1.29, 1.82) is 0 Å². The zero-order chi connectivity index (χ0) is 12.6. The van der Waals surface area contributed by atoms with Crippen molar-refractivity contribution >= 4 is 0 Å². The predicted octanol–water partition coefficient (Wildman–Crippen LogP) is 3.74. The molecule has 1 heteroatoms. The van der Waals surface area contributed by atoms with Gasteiger partial charge < -0.3 is 5.32 Å². The minimum Gasteiger partial charge on any atom is -0.313 e. The molecule has 1 aromatic rings. The van der Waals surface area contributed by atoms with Gasteiger partial charge >= 0.3 is 0 Å². The third kappa shape index (κ3) is 2.33. The lowest BCUT2D eigenvalue weighted by atomic mass is 9.56. The Morgan fingerprint density at radius 3 is 2.39 bits per heavy atom. The van der Waals surface area contributed by atoms with Crippen LogP contribution in [0.25, 0.3) is 0 Å². The molecule has 18 heavy (non-hydrogen) atoms. The van der Waals surface area contributed by atoms with Crippen molar-refractivity contribution in [3.05, 3.63) is 35.9 Å². The van der Waals surface area contributed by atoms with E-state index >= 15 is 0 Å². The average molecular weight is 243 g/mol. The maximum atomic E-state index is 3.76. The summed E-state index contributed by atoms with van der Waals surface area (Å²) < 4.78 is 0. The van der Waals surface area contributed by atoms with Gasteiger partial charge in [-0.25, -0.2) is 0 Å². The number of rotatable bonds is 5. The predicted molar refractivity (Wildman–Crippen MR) is 76.7 cm³/mol. The van der Waals surface area contributed by atoms with E-state index in [1.807, 2.05) is 0 Å². The topological polar surface area (TPSA) is 12.0 Å². The Morgan fingerprint density at radius 1 is 1.17 bits per heavy atom. The second kappa shape index (κ2) is 4.70. The lowest BCUT2D eigenvalue weighted by Gasteiger charge is -2.50. The van der Waals surface area contributed by atoms with Crippen LogP contribution in [0.2, 0.25) is 0 Å². The molecular weight excluding hydrogens is 218 g/mol. The molecule has 0 saturated heterocycles. The summed E-state index contributed by atoms with van der Waals surface area (Å²) in [5.74, 6) is 1.76. The molecule has 0 unspecified atom stereocenters. The number of nitrogens with one attached hydrogen (secondary N) is 1. The van der Waals surface area contributed by atoms with Gasteiger partial charge in [0.25, 0.3) is 0 Å². The van der Waals surface area contributed by atoms with Gasteiger partial charge in [-0.1, -0.05) is 44.2 Å². The molecule has 2 fully saturated rings. The van der Waals surface area contributed by atoms with Crippen molar-refractivity contribution in [3.8, 4) is 0 Å². The van der Waals surface area contributed by atoms with Crippen LogP contribution in [-0.2, 0) is 5.41 Å². The van der Waals surface area contributed by atoms with E-state index in [0.717, 1.165) is 17.9 Å². The fraction of sp³-hybridized carbons (Fsp3) is 0.647. The van der Waals surface area contributed by atoms with E-state index in [-0.39, 0.29) is 0 Å². The first-order chi connectivity index (χ1) is 8.70. The first-order valence-electron chi connectivity index (χ1n) is 7.48. The molecule has 0 aliphatic heterocycles. The minimum absolute atomic E-state index is 0.429. The van der Waals surface area contributed by atoms with Crippen LogP contribution in [0.15, 0.2) is 30.3 Å². The number of hydrogen-bond acceptors (Lipinski definition) is 1. The maximum absolute atomic E-state index is 3.76. The number of benzene rings is 1. The quantitative estimate of drug-likeness (QED) is 0.830. The highest BCUT2D eigenvalue weighted by Crippen LogP contribution is 2.50. The second-order valence-corrected chi connectivity index (χ2v) is 6.71. The summed E-state index contributed by atoms with van der Waals surface area (Å²) in [6.07, 6.45) is 5.51. The van der Waals surface area contributed by atoms with Gasteiger partial charge in [-0.2, -0.15) is 0 Å². The van der Waals surface area contributed by atoms with E-state index in [9.17, 15) is 0 Å². The molecular formula is C17H25N. The normalized spacial score (nSPS) is 31.4. The molecule has 1 N–H and O–H groups in total. The van der Waals surface area contributed by atoms with Crippen LogP contribution in [0.5, 0.6) is 0 Å². The Labute approximate surface area is 111 Å². The summed E-state index contributed by atoms with van der Waals surface area (Å²) in [5, 5.41) is 3.76. The summed E-state index contributed by atoms with van der Waals surface area (Å²) in [4.78, 5) is 0. The van der Waals surface area contributed by atoms with Crippen LogP contribution in [0.4, 0.5) is 0 Å². The van der Waals surface area contributed by atoms with E-state index in [1.165, 1.54) is 32.2 Å². The zero-order valence-electron chi connectivity index (χ0n) is 11.7. The van der Waals surface area contributed by atoms with Gasteiger partial charge in [0.05, 0.1) is 0 Å². The Bertz CT molecular complexity index is 380. The van der Waals surface area contributed by atoms with Crippen LogP contribution in [0, 0.1) is 11.8 Å². The molecule has 3 rings (SSSR count). The van der Waals surface area contributed by atoms with E-state index in [4.69, 9.17) is 0 Å². The summed E-state index contributed by atoms with van der Waals surface area (Å²) >= 11 is 0. The van der Waals surface area contributed by atoms with Crippen LogP contribution in [-0.4, -0.2) is 12.6 Å². The van der Waals surface area contributed by atoms with Gasteiger partial charge in [-0.3, -0.25) is 0 Å². The van der Waals surface area contributed by atoms with Crippen LogP contribution >= 0.6 is 0 Å². The van der Waals surface area contributed by atoms with Crippen molar-refractivity contribution in [2.24, 2.45) is 11.8 Å². The molecule has 0 heterocycles. The van der Waals surface area contributed by atoms with Crippen molar-refractivity contribution < 1.29 is 0 Å². The van der Waals surface area contributed by atoms with Gasteiger partial charge in [0.1, 0.15) is 0 Å². The molecule has 0 spiro atoms. The molecule has 1 aromatic carbocycles. The number of hydrogen-bond donors (Lipinski definition) is 1. The van der Waals surface area contributed by atoms with Gasteiger partial charge in [0, 0.05) is 18.0 Å². The SMILES string of the molecule is CC(C)C1CC(CNC2CC2)(c2ccccc2)C1. The maximum Gasteiger partial charge on any atom is 0.00833 e. The first kappa shape index (κ1) is 12.2. The van der Waals surface area contributed by atoms with Crippen LogP contribution in [0.3, 0.4) is 0 Å². The van der Waals surface area contributed by atoms with Gasteiger partial charge in [0.15, 0.2) is 0 Å². The molecule has 0 amide bonds. The van der Waals surface area contributed by atoms with E-state index in [2.05, 4.69) is 49.5 Å². The zero-order valence-corrected chi connectivity index (χ0v) is 11.7. The van der Waals surface area contributed by atoms with Crippen molar-refractivity contribution in [2.45, 2.75) is 51.0 Å². The minimum atomic E-state index is 0.429. The Morgan fingerprint density at radius 2 is 1.83 bits per heavy atom. The highest BCUT2D eigenvalue weighted by molar-refractivity contribution is 5.29. The lowest BCUT2D eigenvalue weighted by Crippen LogP contribution is -2.50. The Hall–Kier alpha value is -0.820. The lowest BCUT2D eigenvalue weighted by molar-refractivity contribution is 0.0973. The highest BCUT2D eigenvalue weighted by atomic mass is 15.0. The van der Waals surface area contributed by atoms with Crippen molar-refractivity contribution in [2.75, 3.05) is 6.54 Å². The van der Waals surface area contributed by atoms with Gasteiger partial charge in [0.2, 0.25) is 0 Å². The first-order valence-corrected chi connectivity index (χ1v) is 7.48. The summed E-state index contributed by atoms with van der Waals surface area (Å²) in [7, 11) is 0. The molecule has 0 aromatic heterocycles.